The number of ether oxygens (including phenoxy) is 1. The van der Waals surface area contributed by atoms with Crippen LogP contribution in [0.3, 0.4) is 0 Å². The zero-order chi connectivity index (χ0) is 17.6. The maximum Gasteiger partial charge on any atom is 0.198 e. The number of hydrogen-bond donors (Lipinski definition) is 2. The quantitative estimate of drug-likeness (QED) is 0.704. The molecule has 2 atom stereocenters. The first-order valence-corrected chi connectivity index (χ1v) is 9.05. The maximum atomic E-state index is 13.2. The Morgan fingerprint density at radius 3 is 2.56 bits per heavy atom. The first kappa shape index (κ1) is 16.3. The van der Waals surface area contributed by atoms with E-state index in [4.69, 9.17) is 4.74 Å². The first-order valence-electron chi connectivity index (χ1n) is 9.05. The Kier molecular flexibility index (Phi) is 4.10. The summed E-state index contributed by atoms with van der Waals surface area (Å²) in [6, 6.07) is 12.2. The van der Waals surface area contributed by atoms with Gasteiger partial charge in [0.05, 0.1) is 11.1 Å². The van der Waals surface area contributed by atoms with Crippen LogP contribution in [0.4, 0.5) is 0 Å². The summed E-state index contributed by atoms with van der Waals surface area (Å²) < 4.78 is 5.83. The molecular weight excluding hydrogens is 312 g/mol. The highest BCUT2D eigenvalue weighted by Gasteiger charge is 2.27. The number of fused-ring (bicyclic) bond motifs is 3. The Hall–Kier alpha value is -2.17. The number of quaternary nitrogens is 1. The molecule has 1 aliphatic heterocycles. The maximum absolute atomic E-state index is 13.2. The fraction of sp³-hybridized carbons (Fsp3) is 0.381. The fourth-order valence-corrected chi connectivity index (χ4v) is 4.19. The molecule has 1 aromatic heterocycles. The van der Waals surface area contributed by atoms with Crippen LogP contribution < -0.4 is 10.3 Å². The lowest BCUT2D eigenvalue weighted by atomic mass is 10.0. The summed E-state index contributed by atoms with van der Waals surface area (Å²) in [5.41, 5.74) is 2.99. The van der Waals surface area contributed by atoms with Crippen molar-refractivity contribution in [2.24, 2.45) is 0 Å². The van der Waals surface area contributed by atoms with Gasteiger partial charge in [-0.25, -0.2) is 0 Å². The highest BCUT2D eigenvalue weighted by molar-refractivity contribution is 6.05. The van der Waals surface area contributed by atoms with Crippen molar-refractivity contribution in [2.75, 3.05) is 13.1 Å². The van der Waals surface area contributed by atoms with Gasteiger partial charge < -0.3 is 14.6 Å². The highest BCUT2D eigenvalue weighted by atomic mass is 16.5. The van der Waals surface area contributed by atoms with Gasteiger partial charge in [-0.3, -0.25) is 4.79 Å². The molecule has 3 aromatic rings. The van der Waals surface area contributed by atoms with Gasteiger partial charge in [0.1, 0.15) is 31.8 Å². The van der Waals surface area contributed by atoms with Crippen LogP contribution in [-0.4, -0.2) is 30.3 Å². The lowest BCUT2D eigenvalue weighted by Crippen LogP contribution is -3.14. The number of benzene rings is 2. The zero-order valence-corrected chi connectivity index (χ0v) is 15.1. The largest absolute Gasteiger partial charge is 0.364 e. The summed E-state index contributed by atoms with van der Waals surface area (Å²) in [4.78, 5) is 18.1. The predicted molar refractivity (Wildman–Crippen MR) is 101 cm³/mol. The second-order valence-electron chi connectivity index (χ2n) is 7.36. The number of nitrogens with one attached hydrogen (secondary N) is 2. The van der Waals surface area contributed by atoms with Crippen LogP contribution in [-0.2, 0) is 11.3 Å². The number of aromatic nitrogens is 1. The molecular formula is C21H25N2O2+. The molecule has 0 saturated carbocycles. The van der Waals surface area contributed by atoms with Gasteiger partial charge in [-0.1, -0.05) is 30.3 Å². The Morgan fingerprint density at radius 2 is 1.80 bits per heavy atom. The number of hydrogen-bond acceptors (Lipinski definition) is 2. The van der Waals surface area contributed by atoms with Crippen molar-refractivity contribution in [2.45, 2.75) is 39.5 Å². The lowest BCUT2D eigenvalue weighted by molar-refractivity contribution is -0.928. The van der Waals surface area contributed by atoms with Crippen molar-refractivity contribution in [1.82, 2.24) is 4.98 Å². The molecule has 2 N–H and O–H groups in total. The SMILES string of the molecule is Cc1[nH]c2c(ccc3ccccc32)c(=O)c1C[NH+]1C[C@@H](C)O[C@H](C)C1. The van der Waals surface area contributed by atoms with E-state index in [-0.39, 0.29) is 17.6 Å². The summed E-state index contributed by atoms with van der Waals surface area (Å²) in [6.07, 6.45) is 0.477. The molecule has 0 aliphatic carbocycles. The highest BCUT2D eigenvalue weighted by Crippen LogP contribution is 2.22. The molecule has 0 amide bonds. The molecule has 0 bridgehead atoms. The van der Waals surface area contributed by atoms with Crippen molar-refractivity contribution in [1.29, 1.82) is 0 Å². The van der Waals surface area contributed by atoms with Crippen molar-refractivity contribution < 1.29 is 9.64 Å². The average Bonchev–Trinajstić information content (AvgIpc) is 2.57. The Balaban J connectivity index is 1.80. The number of pyridine rings is 1. The van der Waals surface area contributed by atoms with Gasteiger partial charge in [0, 0.05) is 16.5 Å². The molecule has 130 valence electrons. The molecule has 4 nitrogen and oxygen atoms in total. The molecule has 0 radical (unpaired) electrons. The number of morpholine rings is 1. The molecule has 25 heavy (non-hydrogen) atoms. The smallest absolute Gasteiger partial charge is 0.198 e. The van der Waals surface area contributed by atoms with E-state index in [0.717, 1.165) is 52.6 Å². The van der Waals surface area contributed by atoms with E-state index in [1.165, 1.54) is 4.90 Å². The van der Waals surface area contributed by atoms with E-state index in [0.29, 0.717) is 0 Å². The van der Waals surface area contributed by atoms with Crippen LogP contribution >= 0.6 is 0 Å². The standard InChI is InChI=1S/C21H24N2O2/c1-13-10-23(11-14(2)25-13)12-19-15(3)22-20-17-7-5-4-6-16(17)8-9-18(20)21(19)24/h4-9,13-14H,10-12H2,1-3H3,(H,22,24)/p+1/t13-,14-/m1/s1. The Morgan fingerprint density at radius 1 is 1.08 bits per heavy atom. The van der Waals surface area contributed by atoms with Crippen molar-refractivity contribution >= 4 is 21.7 Å². The predicted octanol–water partition coefficient (Wildman–Crippen LogP) is 2.18. The number of rotatable bonds is 2. The lowest BCUT2D eigenvalue weighted by Gasteiger charge is -2.32. The van der Waals surface area contributed by atoms with Crippen LogP contribution in [0, 0.1) is 6.92 Å². The van der Waals surface area contributed by atoms with E-state index < -0.39 is 0 Å². The van der Waals surface area contributed by atoms with Gasteiger partial charge in [-0.15, -0.1) is 0 Å². The summed E-state index contributed by atoms with van der Waals surface area (Å²) in [7, 11) is 0. The topological polar surface area (TPSA) is 46.5 Å². The third kappa shape index (κ3) is 2.96. The van der Waals surface area contributed by atoms with Gasteiger partial charge in [-0.2, -0.15) is 0 Å². The summed E-state index contributed by atoms with van der Waals surface area (Å²) >= 11 is 0. The molecule has 1 saturated heterocycles. The van der Waals surface area contributed by atoms with Gasteiger partial charge in [-0.05, 0) is 32.2 Å². The summed E-state index contributed by atoms with van der Waals surface area (Å²) in [5, 5.41) is 3.04. The van der Waals surface area contributed by atoms with E-state index in [2.05, 4.69) is 31.0 Å². The molecule has 2 aromatic carbocycles. The van der Waals surface area contributed by atoms with E-state index in [9.17, 15) is 4.79 Å². The monoisotopic (exact) mass is 337 g/mol. The minimum absolute atomic E-state index is 0.163. The van der Waals surface area contributed by atoms with Crippen LogP contribution in [0.25, 0.3) is 21.7 Å². The van der Waals surface area contributed by atoms with Gasteiger partial charge in [0.15, 0.2) is 5.43 Å². The average molecular weight is 337 g/mol. The van der Waals surface area contributed by atoms with Crippen LogP contribution in [0.15, 0.2) is 41.2 Å². The zero-order valence-electron chi connectivity index (χ0n) is 15.1. The van der Waals surface area contributed by atoms with E-state index in [1.807, 2.05) is 31.2 Å². The van der Waals surface area contributed by atoms with Crippen molar-refractivity contribution in [3.8, 4) is 0 Å². The molecule has 1 fully saturated rings. The third-order valence-corrected chi connectivity index (χ3v) is 5.26. The second-order valence-corrected chi connectivity index (χ2v) is 7.36. The van der Waals surface area contributed by atoms with E-state index >= 15 is 0 Å². The number of aryl methyl sites for hydroxylation is 1. The molecule has 2 heterocycles. The molecule has 1 aliphatic rings. The van der Waals surface area contributed by atoms with Crippen LogP contribution in [0.1, 0.15) is 25.1 Å². The fourth-order valence-electron chi connectivity index (χ4n) is 4.19. The molecule has 4 rings (SSSR count). The molecule has 4 heteroatoms. The van der Waals surface area contributed by atoms with Crippen LogP contribution in [0.2, 0.25) is 0 Å². The first-order chi connectivity index (χ1) is 12.0. The second kappa shape index (κ2) is 6.28. The minimum Gasteiger partial charge on any atom is -0.364 e. The number of H-pyrrole nitrogens is 1. The summed E-state index contributed by atoms with van der Waals surface area (Å²) in [6.45, 7) is 8.88. The van der Waals surface area contributed by atoms with Crippen molar-refractivity contribution in [3.05, 3.63) is 57.9 Å². The van der Waals surface area contributed by atoms with Crippen LogP contribution in [0.5, 0.6) is 0 Å². The molecule has 0 spiro atoms. The Labute approximate surface area is 147 Å². The summed E-state index contributed by atoms with van der Waals surface area (Å²) in [5.74, 6) is 0. The third-order valence-electron chi connectivity index (χ3n) is 5.26. The van der Waals surface area contributed by atoms with Gasteiger partial charge in [0.25, 0.3) is 0 Å². The van der Waals surface area contributed by atoms with Gasteiger partial charge in [0.2, 0.25) is 0 Å². The van der Waals surface area contributed by atoms with E-state index in [1.54, 1.807) is 0 Å². The minimum atomic E-state index is 0.163. The molecule has 0 unspecified atom stereocenters. The Bertz CT molecular complexity index is 982. The number of aromatic amines is 1. The van der Waals surface area contributed by atoms with Crippen molar-refractivity contribution in [3.63, 3.8) is 0 Å². The normalized spacial score (nSPS) is 24.0. The van der Waals surface area contributed by atoms with Gasteiger partial charge >= 0.3 is 0 Å².